The van der Waals surface area contributed by atoms with Crippen LogP contribution in [0.4, 0.5) is 4.79 Å². The maximum Gasteiger partial charge on any atom is 0.318 e. The van der Waals surface area contributed by atoms with E-state index in [4.69, 9.17) is 4.74 Å². The molecule has 0 aromatic heterocycles. The van der Waals surface area contributed by atoms with Crippen molar-refractivity contribution in [2.45, 2.75) is 38.1 Å². The van der Waals surface area contributed by atoms with Crippen LogP contribution in [0.2, 0.25) is 0 Å². The predicted octanol–water partition coefficient (Wildman–Crippen LogP) is 3.53. The summed E-state index contributed by atoms with van der Waals surface area (Å²) in [6.07, 6.45) is 6.22. The molecule has 2 amide bonds. The minimum absolute atomic E-state index is 0.0170. The number of carbonyl (C=O) groups excluding carboxylic acids is 1. The van der Waals surface area contributed by atoms with Gasteiger partial charge in [0.25, 0.3) is 0 Å². The van der Waals surface area contributed by atoms with Crippen LogP contribution in [0.1, 0.15) is 43.7 Å². The second-order valence-electron chi connectivity index (χ2n) is 7.52. The van der Waals surface area contributed by atoms with E-state index in [0.29, 0.717) is 25.6 Å². The number of benzene rings is 1. The number of urea groups is 1. The van der Waals surface area contributed by atoms with E-state index in [2.05, 4.69) is 34.5 Å². The van der Waals surface area contributed by atoms with Crippen LogP contribution in [0.5, 0.6) is 0 Å². The van der Waals surface area contributed by atoms with E-state index in [0.717, 1.165) is 6.54 Å². The van der Waals surface area contributed by atoms with Gasteiger partial charge in [0.2, 0.25) is 0 Å². The van der Waals surface area contributed by atoms with Crippen molar-refractivity contribution in [2.24, 2.45) is 5.92 Å². The van der Waals surface area contributed by atoms with Gasteiger partial charge in [0.15, 0.2) is 0 Å². The van der Waals surface area contributed by atoms with Gasteiger partial charge < -0.3 is 19.9 Å². The molecule has 0 saturated heterocycles. The largest absolute Gasteiger partial charge is 0.383 e. The van der Waals surface area contributed by atoms with Crippen LogP contribution in [0.15, 0.2) is 30.3 Å². The number of nitrogens with zero attached hydrogens (tertiary/aromatic N) is 2. The van der Waals surface area contributed by atoms with Gasteiger partial charge in [-0.25, -0.2) is 4.79 Å². The first-order valence-corrected chi connectivity index (χ1v) is 9.86. The molecule has 1 fully saturated rings. The lowest BCUT2D eigenvalue weighted by molar-refractivity contribution is 0.139. The Morgan fingerprint density at radius 2 is 1.81 bits per heavy atom. The Labute approximate surface area is 158 Å². The zero-order chi connectivity index (χ0) is 18.8. The van der Waals surface area contributed by atoms with Crippen molar-refractivity contribution < 1.29 is 9.53 Å². The van der Waals surface area contributed by atoms with E-state index in [9.17, 15) is 4.79 Å². The summed E-state index contributed by atoms with van der Waals surface area (Å²) in [5.74, 6) is 0.522. The van der Waals surface area contributed by atoms with Gasteiger partial charge in [0.05, 0.1) is 12.6 Å². The highest BCUT2D eigenvalue weighted by Gasteiger charge is 2.28. The second kappa shape index (κ2) is 11.2. The van der Waals surface area contributed by atoms with Crippen LogP contribution in [0.25, 0.3) is 0 Å². The SMILES string of the molecule is COCCN(CCN(C)C)C(=O)NC(c1ccccc1)C1CCCCC1. The fourth-order valence-electron chi connectivity index (χ4n) is 3.66. The molecule has 1 aliphatic carbocycles. The van der Waals surface area contributed by atoms with Crippen molar-refractivity contribution in [3.63, 3.8) is 0 Å². The molecular weight excluding hydrogens is 326 g/mol. The molecule has 26 heavy (non-hydrogen) atoms. The summed E-state index contributed by atoms with van der Waals surface area (Å²) < 4.78 is 5.20. The van der Waals surface area contributed by atoms with E-state index >= 15 is 0 Å². The van der Waals surface area contributed by atoms with Crippen molar-refractivity contribution in [3.05, 3.63) is 35.9 Å². The molecule has 2 rings (SSSR count). The molecule has 0 bridgehead atoms. The second-order valence-corrected chi connectivity index (χ2v) is 7.52. The summed E-state index contributed by atoms with van der Waals surface area (Å²) in [5.41, 5.74) is 1.21. The Morgan fingerprint density at radius 3 is 2.42 bits per heavy atom. The van der Waals surface area contributed by atoms with Crippen molar-refractivity contribution in [1.82, 2.24) is 15.1 Å². The Bertz CT molecular complexity index is 515. The van der Waals surface area contributed by atoms with E-state index < -0.39 is 0 Å². The molecule has 1 N–H and O–H groups in total. The van der Waals surface area contributed by atoms with Gasteiger partial charge in [-0.05, 0) is 38.4 Å². The van der Waals surface area contributed by atoms with E-state index in [1.165, 1.54) is 37.7 Å². The summed E-state index contributed by atoms with van der Waals surface area (Å²) in [5, 5.41) is 3.35. The average molecular weight is 362 g/mol. The predicted molar refractivity (Wildman–Crippen MR) is 106 cm³/mol. The molecule has 1 aromatic carbocycles. The lowest BCUT2D eigenvalue weighted by Gasteiger charge is -2.33. The van der Waals surface area contributed by atoms with Crippen LogP contribution in [-0.2, 0) is 4.74 Å². The highest BCUT2D eigenvalue weighted by molar-refractivity contribution is 5.74. The average Bonchev–Trinajstić information content (AvgIpc) is 2.67. The Hall–Kier alpha value is -1.59. The van der Waals surface area contributed by atoms with Crippen LogP contribution in [0, 0.1) is 5.92 Å². The number of nitrogens with one attached hydrogen (secondary N) is 1. The molecule has 0 spiro atoms. The van der Waals surface area contributed by atoms with Crippen LogP contribution < -0.4 is 5.32 Å². The Balaban J connectivity index is 2.09. The standard InChI is InChI=1S/C21H35N3O2/c1-23(2)14-15-24(16-17-26-3)21(25)22-20(18-10-6-4-7-11-18)19-12-8-5-9-13-19/h4,6-7,10-11,19-20H,5,8-9,12-17H2,1-3H3,(H,22,25). The topological polar surface area (TPSA) is 44.8 Å². The van der Waals surface area contributed by atoms with Gasteiger partial charge in [-0.2, -0.15) is 0 Å². The summed E-state index contributed by atoms with van der Waals surface area (Å²) in [7, 11) is 5.74. The third kappa shape index (κ3) is 6.61. The van der Waals surface area contributed by atoms with Crippen LogP contribution in [0.3, 0.4) is 0 Å². The molecule has 146 valence electrons. The molecule has 1 saturated carbocycles. The molecule has 1 unspecified atom stereocenters. The van der Waals surface area contributed by atoms with Gasteiger partial charge >= 0.3 is 6.03 Å². The zero-order valence-corrected chi connectivity index (χ0v) is 16.6. The fraction of sp³-hybridized carbons (Fsp3) is 0.667. The van der Waals surface area contributed by atoms with Gasteiger partial charge in [-0.3, -0.25) is 0 Å². The summed E-state index contributed by atoms with van der Waals surface area (Å²) in [4.78, 5) is 17.0. The number of amides is 2. The molecule has 5 heteroatoms. The normalized spacial score (nSPS) is 16.5. The van der Waals surface area contributed by atoms with Crippen molar-refractivity contribution in [1.29, 1.82) is 0 Å². The quantitative estimate of drug-likeness (QED) is 0.732. The molecule has 1 atom stereocenters. The first-order valence-electron chi connectivity index (χ1n) is 9.86. The third-order valence-corrected chi connectivity index (χ3v) is 5.23. The van der Waals surface area contributed by atoms with Crippen molar-refractivity contribution in [3.8, 4) is 0 Å². The molecular formula is C21H35N3O2. The molecule has 0 aliphatic heterocycles. The minimum Gasteiger partial charge on any atom is -0.383 e. The maximum atomic E-state index is 13.0. The summed E-state index contributed by atoms with van der Waals surface area (Å²) in [6, 6.07) is 10.5. The number of hydrogen-bond donors (Lipinski definition) is 1. The van der Waals surface area contributed by atoms with E-state index in [1.54, 1.807) is 7.11 Å². The van der Waals surface area contributed by atoms with Crippen molar-refractivity contribution in [2.75, 3.05) is 47.4 Å². The Kier molecular flexibility index (Phi) is 8.92. The number of methoxy groups -OCH3 is 1. The molecule has 0 radical (unpaired) electrons. The summed E-state index contributed by atoms with van der Waals surface area (Å²) >= 11 is 0. The first kappa shape index (κ1) is 20.7. The molecule has 0 heterocycles. The monoisotopic (exact) mass is 361 g/mol. The lowest BCUT2D eigenvalue weighted by Crippen LogP contribution is -2.47. The smallest absolute Gasteiger partial charge is 0.318 e. The van der Waals surface area contributed by atoms with Crippen molar-refractivity contribution >= 4 is 6.03 Å². The molecule has 1 aromatic rings. The maximum absolute atomic E-state index is 13.0. The fourth-order valence-corrected chi connectivity index (χ4v) is 3.66. The third-order valence-electron chi connectivity index (χ3n) is 5.23. The first-order chi connectivity index (χ1) is 12.6. The Morgan fingerprint density at radius 1 is 1.12 bits per heavy atom. The van der Waals surface area contributed by atoms with Crippen LogP contribution in [-0.4, -0.2) is 63.3 Å². The number of likely N-dealkylation sites (N-methyl/N-ethyl adjacent to an activating group) is 1. The highest BCUT2D eigenvalue weighted by Crippen LogP contribution is 2.34. The van der Waals surface area contributed by atoms with E-state index in [-0.39, 0.29) is 12.1 Å². The lowest BCUT2D eigenvalue weighted by atomic mass is 9.81. The van der Waals surface area contributed by atoms with Gasteiger partial charge in [0, 0.05) is 26.7 Å². The van der Waals surface area contributed by atoms with Gasteiger partial charge in [-0.1, -0.05) is 49.6 Å². The van der Waals surface area contributed by atoms with Gasteiger partial charge in [-0.15, -0.1) is 0 Å². The number of ether oxygens (including phenoxy) is 1. The number of carbonyl (C=O) groups is 1. The van der Waals surface area contributed by atoms with E-state index in [1.807, 2.05) is 25.1 Å². The number of hydrogen-bond acceptors (Lipinski definition) is 3. The number of rotatable bonds is 9. The molecule has 5 nitrogen and oxygen atoms in total. The minimum atomic E-state index is 0.0170. The highest BCUT2D eigenvalue weighted by atomic mass is 16.5. The van der Waals surface area contributed by atoms with Crippen LogP contribution >= 0.6 is 0 Å². The summed E-state index contributed by atoms with van der Waals surface area (Å²) in [6.45, 7) is 2.72. The van der Waals surface area contributed by atoms with Gasteiger partial charge in [0.1, 0.15) is 0 Å². The zero-order valence-electron chi connectivity index (χ0n) is 16.6. The molecule has 1 aliphatic rings.